The second-order valence-corrected chi connectivity index (χ2v) is 6.44. The van der Waals surface area contributed by atoms with Crippen molar-refractivity contribution in [1.82, 2.24) is 16.0 Å². The van der Waals surface area contributed by atoms with Gasteiger partial charge in [-0.3, -0.25) is 14.4 Å². The van der Waals surface area contributed by atoms with Gasteiger partial charge in [-0.1, -0.05) is 6.07 Å². The first kappa shape index (κ1) is 20.5. The molecule has 27 heavy (non-hydrogen) atoms. The molecule has 1 aromatic heterocycles. The lowest BCUT2D eigenvalue weighted by Crippen LogP contribution is -2.39. The molecule has 6 nitrogen and oxygen atoms in total. The molecule has 0 fully saturated rings. The van der Waals surface area contributed by atoms with Crippen LogP contribution in [0.25, 0.3) is 0 Å². The van der Waals surface area contributed by atoms with Gasteiger partial charge in [0.1, 0.15) is 6.04 Å². The van der Waals surface area contributed by atoms with E-state index in [4.69, 9.17) is 0 Å². The number of hydrogen-bond donors (Lipinski definition) is 3. The van der Waals surface area contributed by atoms with Crippen LogP contribution in [0.3, 0.4) is 0 Å². The molecule has 0 aliphatic heterocycles. The largest absolute Gasteiger partial charge is 0.357 e. The summed E-state index contributed by atoms with van der Waals surface area (Å²) >= 11 is 1.41. The van der Waals surface area contributed by atoms with Crippen LogP contribution in [0.2, 0.25) is 0 Å². The Labute approximate surface area is 159 Å². The number of carbonyl (C=O) groups is 3. The number of hydrogen-bond acceptors (Lipinski definition) is 4. The molecule has 0 spiro atoms. The Morgan fingerprint density at radius 1 is 1.15 bits per heavy atom. The summed E-state index contributed by atoms with van der Waals surface area (Å²) in [6, 6.07) is 3.56. The van der Waals surface area contributed by atoms with Crippen molar-refractivity contribution >= 4 is 29.1 Å². The van der Waals surface area contributed by atoms with Crippen LogP contribution in [-0.2, 0) is 9.59 Å². The third-order valence-electron chi connectivity index (χ3n) is 3.74. The summed E-state index contributed by atoms with van der Waals surface area (Å²) in [5.74, 6) is -3.37. The van der Waals surface area contributed by atoms with Crippen molar-refractivity contribution in [2.24, 2.45) is 0 Å². The molecule has 1 aromatic carbocycles. The Morgan fingerprint density at radius 2 is 1.93 bits per heavy atom. The Balaban J connectivity index is 1.87. The number of likely N-dealkylation sites (N-methyl/N-ethyl adjacent to an activating group) is 1. The summed E-state index contributed by atoms with van der Waals surface area (Å²) in [6.07, 6.45) is 0.418. The van der Waals surface area contributed by atoms with E-state index in [0.29, 0.717) is 12.0 Å². The van der Waals surface area contributed by atoms with E-state index in [1.165, 1.54) is 24.5 Å². The van der Waals surface area contributed by atoms with Gasteiger partial charge in [0.05, 0.1) is 0 Å². The van der Waals surface area contributed by atoms with E-state index >= 15 is 0 Å². The lowest BCUT2D eigenvalue weighted by molar-refractivity contribution is -0.128. The Morgan fingerprint density at radius 3 is 2.56 bits per heavy atom. The summed E-state index contributed by atoms with van der Waals surface area (Å²) in [6.45, 7) is 0.290. The number of rotatable bonds is 8. The topological polar surface area (TPSA) is 87.3 Å². The molecule has 1 unspecified atom stereocenters. The van der Waals surface area contributed by atoms with Gasteiger partial charge in [-0.2, -0.15) is 11.3 Å². The van der Waals surface area contributed by atoms with Crippen molar-refractivity contribution in [3.05, 3.63) is 57.8 Å². The number of halogens is 2. The average molecular weight is 395 g/mol. The third kappa shape index (κ3) is 5.85. The van der Waals surface area contributed by atoms with Gasteiger partial charge in [-0.25, -0.2) is 8.78 Å². The maximum atomic E-state index is 13.4. The van der Waals surface area contributed by atoms with E-state index in [2.05, 4.69) is 16.0 Å². The van der Waals surface area contributed by atoms with E-state index in [-0.39, 0.29) is 24.4 Å². The van der Waals surface area contributed by atoms with Gasteiger partial charge >= 0.3 is 0 Å². The zero-order chi connectivity index (χ0) is 19.8. The molecule has 144 valence electrons. The number of benzene rings is 1. The molecular weight excluding hydrogens is 376 g/mol. The number of carbonyl (C=O) groups excluding carboxylic acids is 3. The van der Waals surface area contributed by atoms with Gasteiger partial charge in [-0.05, 0) is 35.6 Å². The van der Waals surface area contributed by atoms with E-state index in [9.17, 15) is 23.2 Å². The average Bonchev–Trinajstić information content (AvgIpc) is 3.19. The smallest absolute Gasteiger partial charge is 0.252 e. The predicted molar refractivity (Wildman–Crippen MR) is 97.2 cm³/mol. The third-order valence-corrected chi connectivity index (χ3v) is 4.42. The highest BCUT2D eigenvalue weighted by Crippen LogP contribution is 2.17. The predicted octanol–water partition coefficient (Wildman–Crippen LogP) is 2.14. The quantitative estimate of drug-likeness (QED) is 0.599. The molecule has 0 saturated carbocycles. The molecule has 3 N–H and O–H groups in total. The SMILES string of the molecule is CNC(=O)C(NC(=O)CCCNC(=O)c1ccsc1)c1ccc(F)c(F)c1. The van der Waals surface area contributed by atoms with Crippen molar-refractivity contribution in [3.8, 4) is 0 Å². The maximum Gasteiger partial charge on any atom is 0.252 e. The van der Waals surface area contributed by atoms with Crippen molar-refractivity contribution < 1.29 is 23.2 Å². The molecule has 9 heteroatoms. The minimum Gasteiger partial charge on any atom is -0.357 e. The van der Waals surface area contributed by atoms with Gasteiger partial charge < -0.3 is 16.0 Å². The van der Waals surface area contributed by atoms with Crippen LogP contribution >= 0.6 is 11.3 Å². The van der Waals surface area contributed by atoms with Gasteiger partial charge in [0.25, 0.3) is 5.91 Å². The van der Waals surface area contributed by atoms with Gasteiger partial charge in [0, 0.05) is 31.0 Å². The number of nitrogens with one attached hydrogen (secondary N) is 3. The molecule has 1 atom stereocenters. The van der Waals surface area contributed by atoms with Crippen molar-refractivity contribution in [3.63, 3.8) is 0 Å². The minimum atomic E-state index is -1.14. The first-order valence-electron chi connectivity index (χ1n) is 8.18. The molecule has 0 saturated heterocycles. The van der Waals surface area contributed by atoms with Crippen LogP contribution in [0, 0.1) is 11.6 Å². The van der Waals surface area contributed by atoms with Crippen molar-refractivity contribution in [1.29, 1.82) is 0 Å². The van der Waals surface area contributed by atoms with E-state index in [1.54, 1.807) is 16.8 Å². The Kier molecular flexibility index (Phi) is 7.42. The number of amides is 3. The highest BCUT2D eigenvalue weighted by atomic mass is 32.1. The lowest BCUT2D eigenvalue weighted by Gasteiger charge is -2.18. The zero-order valence-corrected chi connectivity index (χ0v) is 15.4. The first-order chi connectivity index (χ1) is 12.9. The highest BCUT2D eigenvalue weighted by Gasteiger charge is 2.22. The summed E-state index contributed by atoms with van der Waals surface area (Å²) < 4.78 is 26.5. The summed E-state index contributed by atoms with van der Waals surface area (Å²) in [7, 11) is 1.38. The lowest BCUT2D eigenvalue weighted by atomic mass is 10.1. The van der Waals surface area contributed by atoms with E-state index in [0.717, 1.165) is 12.1 Å². The molecule has 0 aliphatic carbocycles. The minimum absolute atomic E-state index is 0.0566. The molecular formula is C18H19F2N3O3S. The fraction of sp³-hybridized carbons (Fsp3) is 0.278. The molecule has 0 bridgehead atoms. The van der Waals surface area contributed by atoms with Crippen LogP contribution < -0.4 is 16.0 Å². The monoisotopic (exact) mass is 395 g/mol. The highest BCUT2D eigenvalue weighted by molar-refractivity contribution is 7.08. The zero-order valence-electron chi connectivity index (χ0n) is 14.6. The summed E-state index contributed by atoms with van der Waals surface area (Å²) in [5, 5.41) is 11.1. The van der Waals surface area contributed by atoms with Crippen molar-refractivity contribution in [2.45, 2.75) is 18.9 Å². The fourth-order valence-electron chi connectivity index (χ4n) is 2.32. The first-order valence-corrected chi connectivity index (χ1v) is 9.13. The van der Waals surface area contributed by atoms with E-state index < -0.39 is 29.5 Å². The molecule has 1 heterocycles. The van der Waals surface area contributed by atoms with Crippen LogP contribution in [0.5, 0.6) is 0 Å². The molecule has 2 aromatic rings. The molecule has 2 rings (SSSR count). The normalized spacial score (nSPS) is 11.5. The second kappa shape index (κ2) is 9.77. The van der Waals surface area contributed by atoms with Gasteiger partial charge in [0.15, 0.2) is 11.6 Å². The van der Waals surface area contributed by atoms with Crippen LogP contribution in [0.15, 0.2) is 35.0 Å². The van der Waals surface area contributed by atoms with E-state index in [1.807, 2.05) is 0 Å². The summed E-state index contributed by atoms with van der Waals surface area (Å²) in [4.78, 5) is 35.9. The molecule has 0 radical (unpaired) electrons. The second-order valence-electron chi connectivity index (χ2n) is 5.66. The standard InChI is InChI=1S/C18H19F2N3O3S/c1-21-18(26)16(11-4-5-13(19)14(20)9-11)23-15(24)3-2-7-22-17(25)12-6-8-27-10-12/h4-6,8-10,16H,2-3,7H2,1H3,(H,21,26)(H,22,25)(H,23,24). The van der Waals surface area contributed by atoms with Crippen LogP contribution in [-0.4, -0.2) is 31.3 Å². The van der Waals surface area contributed by atoms with Crippen LogP contribution in [0.4, 0.5) is 8.78 Å². The summed E-state index contributed by atoms with van der Waals surface area (Å²) in [5.41, 5.74) is 0.690. The Hall–Kier alpha value is -2.81. The van der Waals surface area contributed by atoms with Crippen molar-refractivity contribution in [2.75, 3.05) is 13.6 Å². The number of thiophene rings is 1. The Bertz CT molecular complexity index is 812. The molecule has 0 aliphatic rings. The fourth-order valence-corrected chi connectivity index (χ4v) is 2.95. The molecule has 3 amide bonds. The van der Waals surface area contributed by atoms with Crippen LogP contribution in [0.1, 0.15) is 34.8 Å². The van der Waals surface area contributed by atoms with Gasteiger partial charge in [0.2, 0.25) is 11.8 Å². The van der Waals surface area contributed by atoms with Gasteiger partial charge in [-0.15, -0.1) is 0 Å². The maximum absolute atomic E-state index is 13.4.